The Labute approximate surface area is 346 Å². The van der Waals surface area contributed by atoms with Gasteiger partial charge in [0.1, 0.15) is 5.78 Å². The lowest BCUT2D eigenvalue weighted by Crippen LogP contribution is -2.53. The predicted molar refractivity (Wildman–Crippen MR) is 233 cm³/mol. The summed E-state index contributed by atoms with van der Waals surface area (Å²) in [4.78, 5) is 21.3. The second-order valence-electron chi connectivity index (χ2n) is 17.6. The van der Waals surface area contributed by atoms with Crippen molar-refractivity contribution in [2.24, 2.45) is 0 Å². The molecule has 10 nitrogen and oxygen atoms in total. The molecule has 0 saturated carbocycles. The molecule has 2 N–H and O–H groups in total. The maximum Gasteiger partial charge on any atom is 0.135 e. The number of likely N-dealkylation sites (tertiary alicyclic amines) is 2. The Kier molecular flexibility index (Phi) is 19.9. The van der Waals surface area contributed by atoms with Crippen LogP contribution in [-0.4, -0.2) is 153 Å². The molecule has 0 amide bonds. The van der Waals surface area contributed by atoms with Crippen LogP contribution in [-0.2, 0) is 32.1 Å². The molecule has 6 aliphatic heterocycles. The molecule has 0 radical (unpaired) electrons. The third-order valence-corrected chi connectivity index (χ3v) is 12.0. The first-order valence-electron chi connectivity index (χ1n) is 22.5. The third-order valence-electron chi connectivity index (χ3n) is 12.0. The van der Waals surface area contributed by atoms with E-state index in [0.29, 0.717) is 42.4 Å². The molecular weight excluding hydrogens is 713 g/mol. The molecule has 6 saturated heterocycles. The highest BCUT2D eigenvalue weighted by Gasteiger charge is 2.31. The predicted octanol–water partition coefficient (Wildman–Crippen LogP) is 5.84. The van der Waals surface area contributed by atoms with Crippen LogP contribution in [0.15, 0.2) is 60.7 Å². The summed E-state index contributed by atoms with van der Waals surface area (Å²) in [6.45, 7) is 28.1. The maximum atomic E-state index is 11.0. The van der Waals surface area contributed by atoms with Gasteiger partial charge in [0, 0.05) is 90.4 Å². The van der Waals surface area contributed by atoms with Crippen LogP contribution in [0.3, 0.4) is 0 Å². The van der Waals surface area contributed by atoms with Gasteiger partial charge < -0.3 is 24.8 Å². The van der Waals surface area contributed by atoms with Crippen molar-refractivity contribution >= 4 is 5.78 Å². The van der Waals surface area contributed by atoms with E-state index in [2.05, 4.69) is 126 Å². The Hall–Kier alpha value is -2.25. The molecule has 0 unspecified atom stereocenters. The number of morpholine rings is 3. The summed E-state index contributed by atoms with van der Waals surface area (Å²) in [6, 6.07) is 22.8. The Balaban J connectivity index is 0.000000152. The monoisotopic (exact) mass is 791 g/mol. The van der Waals surface area contributed by atoms with E-state index in [-0.39, 0.29) is 0 Å². The Morgan fingerprint density at radius 1 is 0.509 bits per heavy atom. The molecule has 0 bridgehead atoms. The molecule has 2 aromatic carbocycles. The largest absolute Gasteiger partial charge is 0.373 e. The van der Waals surface area contributed by atoms with Crippen LogP contribution in [0.2, 0.25) is 0 Å². The number of hydrogen-bond donors (Lipinski definition) is 2. The number of nitrogens with one attached hydrogen (secondary N) is 2. The number of benzene rings is 2. The van der Waals surface area contributed by atoms with E-state index in [0.717, 1.165) is 90.4 Å². The molecule has 6 atom stereocenters. The Bertz CT molecular complexity index is 1340. The number of ether oxygens (including phenoxy) is 3. The minimum Gasteiger partial charge on any atom is -0.373 e. The second kappa shape index (κ2) is 24.7. The van der Waals surface area contributed by atoms with Gasteiger partial charge in [0.05, 0.1) is 36.6 Å². The fraction of sp³-hybridized carbons (Fsp3) is 0.723. The van der Waals surface area contributed by atoms with Gasteiger partial charge in [-0.3, -0.25) is 24.4 Å². The van der Waals surface area contributed by atoms with E-state index in [1.54, 1.807) is 0 Å². The molecule has 0 aromatic heterocycles. The molecule has 6 fully saturated rings. The van der Waals surface area contributed by atoms with Gasteiger partial charge in [0.15, 0.2) is 0 Å². The summed E-state index contributed by atoms with van der Waals surface area (Å²) in [5.41, 5.74) is 2.77. The molecule has 6 aliphatic rings. The molecule has 6 heterocycles. The zero-order chi connectivity index (χ0) is 40.4. The fourth-order valence-electron chi connectivity index (χ4n) is 9.27. The molecule has 8 rings (SSSR count). The summed E-state index contributed by atoms with van der Waals surface area (Å²) in [7, 11) is 0. The van der Waals surface area contributed by atoms with E-state index in [1.165, 1.54) is 63.0 Å². The first kappa shape index (κ1) is 45.8. The van der Waals surface area contributed by atoms with Crippen molar-refractivity contribution in [2.45, 2.75) is 142 Å². The van der Waals surface area contributed by atoms with Crippen molar-refractivity contribution < 1.29 is 19.0 Å². The van der Waals surface area contributed by atoms with Crippen LogP contribution in [0, 0.1) is 0 Å². The number of Topliss-reactive ketones (excluding diaryl/α,β-unsaturated/α-hetero) is 1. The van der Waals surface area contributed by atoms with E-state index < -0.39 is 0 Å². The highest BCUT2D eigenvalue weighted by molar-refractivity contribution is 5.79. The van der Waals surface area contributed by atoms with E-state index in [1.807, 2.05) is 6.07 Å². The minimum absolute atomic E-state index is 0.385. The van der Waals surface area contributed by atoms with Crippen LogP contribution in [0.5, 0.6) is 0 Å². The first-order valence-corrected chi connectivity index (χ1v) is 22.5. The highest BCUT2D eigenvalue weighted by atomic mass is 16.5. The van der Waals surface area contributed by atoms with E-state index >= 15 is 0 Å². The van der Waals surface area contributed by atoms with Gasteiger partial charge in [-0.15, -0.1) is 0 Å². The van der Waals surface area contributed by atoms with Crippen LogP contribution in [0.1, 0.15) is 91.2 Å². The number of nitrogens with zero attached hydrogens (tertiary/aromatic N) is 4. The normalized spacial score (nSPS) is 30.2. The van der Waals surface area contributed by atoms with Gasteiger partial charge in [0.2, 0.25) is 0 Å². The zero-order valence-electron chi connectivity index (χ0n) is 36.5. The smallest absolute Gasteiger partial charge is 0.135 e. The van der Waals surface area contributed by atoms with Crippen LogP contribution >= 0.6 is 0 Å². The van der Waals surface area contributed by atoms with E-state index in [4.69, 9.17) is 14.2 Å². The van der Waals surface area contributed by atoms with Gasteiger partial charge in [0.25, 0.3) is 0 Å². The van der Waals surface area contributed by atoms with Crippen molar-refractivity contribution in [1.29, 1.82) is 0 Å². The van der Waals surface area contributed by atoms with Crippen molar-refractivity contribution in [1.82, 2.24) is 30.2 Å². The molecule has 0 aliphatic carbocycles. The number of ketones is 1. The molecule has 57 heavy (non-hydrogen) atoms. The maximum absolute atomic E-state index is 11.0. The minimum atomic E-state index is 0.385. The SMILES string of the molecule is C[C@@H]1CN(C2CCN(Cc3ccccc3)CC2)C[C@H](C)O1.C[C@@H]1CN(C2CCNCC2)C[C@H](C)O1.C[C@@H]1CNC[C@H](C)O1.O=C1CCN(Cc2ccccc2)CC1. The van der Waals surface area contributed by atoms with Gasteiger partial charge in [-0.2, -0.15) is 0 Å². The Morgan fingerprint density at radius 2 is 0.895 bits per heavy atom. The van der Waals surface area contributed by atoms with Gasteiger partial charge >= 0.3 is 0 Å². The molecular formula is C47H78N6O4. The summed E-state index contributed by atoms with van der Waals surface area (Å²) >= 11 is 0. The van der Waals surface area contributed by atoms with Crippen molar-refractivity contribution in [3.63, 3.8) is 0 Å². The van der Waals surface area contributed by atoms with Gasteiger partial charge in [-0.1, -0.05) is 60.7 Å². The lowest BCUT2D eigenvalue weighted by Gasteiger charge is -2.43. The van der Waals surface area contributed by atoms with Crippen LogP contribution < -0.4 is 10.6 Å². The molecule has 10 heteroatoms. The molecule has 0 spiro atoms. The van der Waals surface area contributed by atoms with Crippen LogP contribution in [0.4, 0.5) is 0 Å². The quantitative estimate of drug-likeness (QED) is 0.373. The average Bonchev–Trinajstić information content (AvgIpc) is 3.20. The topological polar surface area (TPSA) is 81.8 Å². The standard InChI is InChI=1S/C18H28N2O.C12H15NO.C11H22N2O.C6H13NO/c1-15-12-20(13-16(2)21-15)18-8-10-19(11-9-18)14-17-6-4-3-5-7-17;14-12-6-8-13(9-7-12)10-11-4-2-1-3-5-11;1-9-7-13(8-10(2)14-9)11-3-5-12-6-4-11;1-5-3-7-4-6(2)8-5/h3-7,15-16,18H,8-14H2,1-2H3;1-5H,6-10H2;9-12H,3-8H2,1-2H3;5-7H,3-4H2,1-2H3/t15-,16+;;9-,10+;5-,6+. The van der Waals surface area contributed by atoms with Crippen molar-refractivity contribution in [3.05, 3.63) is 71.8 Å². The zero-order valence-corrected chi connectivity index (χ0v) is 36.5. The number of rotatable bonds is 6. The number of piperidine rings is 3. The van der Waals surface area contributed by atoms with Crippen molar-refractivity contribution in [2.75, 3.05) is 78.5 Å². The summed E-state index contributed by atoms with van der Waals surface area (Å²) in [5, 5.41) is 6.68. The number of carbonyl (C=O) groups excluding carboxylic acids is 1. The highest BCUT2D eigenvalue weighted by Crippen LogP contribution is 2.23. The average molecular weight is 791 g/mol. The number of carbonyl (C=O) groups is 1. The lowest BCUT2D eigenvalue weighted by atomic mass is 10.0. The molecule has 2 aromatic rings. The van der Waals surface area contributed by atoms with Crippen LogP contribution in [0.25, 0.3) is 0 Å². The fourth-order valence-corrected chi connectivity index (χ4v) is 9.27. The van der Waals surface area contributed by atoms with E-state index in [9.17, 15) is 4.79 Å². The first-order chi connectivity index (χ1) is 27.6. The second-order valence-corrected chi connectivity index (χ2v) is 17.6. The lowest BCUT2D eigenvalue weighted by molar-refractivity contribution is -0.121. The van der Waals surface area contributed by atoms with Gasteiger partial charge in [-0.25, -0.2) is 0 Å². The Morgan fingerprint density at radius 3 is 1.30 bits per heavy atom. The third kappa shape index (κ3) is 17.1. The van der Waals surface area contributed by atoms with Crippen molar-refractivity contribution in [3.8, 4) is 0 Å². The summed E-state index contributed by atoms with van der Waals surface area (Å²) in [6.07, 6.45) is 9.06. The van der Waals surface area contributed by atoms with Gasteiger partial charge in [-0.05, 0) is 105 Å². The molecule has 320 valence electrons. The summed E-state index contributed by atoms with van der Waals surface area (Å²) in [5.74, 6) is 0.411. The summed E-state index contributed by atoms with van der Waals surface area (Å²) < 4.78 is 17.0. The number of hydrogen-bond acceptors (Lipinski definition) is 10.